The van der Waals surface area contributed by atoms with Crippen LogP contribution in [0.3, 0.4) is 0 Å². The number of nitrogens with zero attached hydrogens (tertiary/aromatic N) is 4. The molecule has 3 N–H and O–H groups in total. The molecule has 9 heteroatoms. The number of aromatic nitrogens is 1. The van der Waals surface area contributed by atoms with E-state index >= 15 is 0 Å². The lowest BCUT2D eigenvalue weighted by Gasteiger charge is -2.35. The first-order chi connectivity index (χ1) is 8.99. The molecular formula is C10H16BN5O3. The minimum Gasteiger partial charge on any atom is -0.437 e. The zero-order chi connectivity index (χ0) is 14.0. The second-order valence-corrected chi connectivity index (χ2v) is 4.49. The van der Waals surface area contributed by atoms with Crippen molar-refractivity contribution in [2.75, 3.05) is 36.8 Å². The van der Waals surface area contributed by atoms with E-state index in [1.807, 2.05) is 9.71 Å². The Hall–Kier alpha value is -1.87. The van der Waals surface area contributed by atoms with E-state index in [1.54, 1.807) is 12.9 Å². The first-order valence-electron chi connectivity index (χ1n) is 6.07. The van der Waals surface area contributed by atoms with Gasteiger partial charge in [-0.05, 0) is 12.9 Å². The van der Waals surface area contributed by atoms with Gasteiger partial charge in [-0.25, -0.2) is 4.98 Å². The fourth-order valence-corrected chi connectivity index (χ4v) is 2.11. The molecule has 1 saturated heterocycles. The average Bonchev–Trinajstić information content (AvgIpc) is 2.38. The predicted octanol–water partition coefficient (Wildman–Crippen LogP) is -0.196. The van der Waals surface area contributed by atoms with E-state index in [-0.39, 0.29) is 11.5 Å². The molecule has 0 unspecified atom stereocenters. The monoisotopic (exact) mass is 265 g/mol. The van der Waals surface area contributed by atoms with Gasteiger partial charge in [0.1, 0.15) is 5.82 Å². The van der Waals surface area contributed by atoms with Gasteiger partial charge < -0.3 is 20.5 Å². The molecule has 102 valence electrons. The highest BCUT2D eigenvalue weighted by Gasteiger charge is 2.24. The van der Waals surface area contributed by atoms with Crippen LogP contribution in [0.2, 0.25) is 6.82 Å². The van der Waals surface area contributed by atoms with Gasteiger partial charge in [-0.15, -0.1) is 0 Å². The lowest BCUT2D eigenvalue weighted by molar-refractivity contribution is -0.384. The molecule has 0 spiro atoms. The van der Waals surface area contributed by atoms with Crippen molar-refractivity contribution in [3.63, 3.8) is 0 Å². The summed E-state index contributed by atoms with van der Waals surface area (Å²) in [5, 5.41) is 20.1. The molecule has 0 amide bonds. The SMILES string of the molecule is CB(O)N1CCN(c2ccc([N+](=O)[O-])c(N)n2)CC1. The smallest absolute Gasteiger partial charge is 0.376 e. The number of nitrogens with two attached hydrogens (primary N) is 1. The van der Waals surface area contributed by atoms with Crippen molar-refractivity contribution in [3.05, 3.63) is 22.2 Å². The van der Waals surface area contributed by atoms with Crippen LogP contribution < -0.4 is 10.6 Å². The molecule has 1 aromatic rings. The third-order valence-corrected chi connectivity index (χ3v) is 3.25. The summed E-state index contributed by atoms with van der Waals surface area (Å²) in [4.78, 5) is 18.1. The summed E-state index contributed by atoms with van der Waals surface area (Å²) in [6.07, 6.45) is 0. The highest BCUT2D eigenvalue weighted by Crippen LogP contribution is 2.23. The van der Waals surface area contributed by atoms with Crippen LogP contribution in [-0.2, 0) is 0 Å². The number of nitrogen functional groups attached to an aromatic ring is 1. The molecule has 0 atom stereocenters. The molecule has 1 fully saturated rings. The van der Waals surface area contributed by atoms with Gasteiger partial charge in [-0.2, -0.15) is 0 Å². The third kappa shape index (κ3) is 2.94. The van der Waals surface area contributed by atoms with E-state index in [0.717, 1.165) is 13.1 Å². The van der Waals surface area contributed by atoms with E-state index in [2.05, 4.69) is 4.98 Å². The maximum absolute atomic E-state index is 10.7. The van der Waals surface area contributed by atoms with Gasteiger partial charge in [0.2, 0.25) is 5.82 Å². The predicted molar refractivity (Wildman–Crippen MR) is 72.9 cm³/mol. The van der Waals surface area contributed by atoms with Crippen LogP contribution in [0.15, 0.2) is 12.1 Å². The molecule has 1 aliphatic rings. The summed E-state index contributed by atoms with van der Waals surface area (Å²) in [6.45, 7) is 4.58. The van der Waals surface area contributed by atoms with E-state index in [4.69, 9.17) is 5.73 Å². The number of rotatable bonds is 3. The molecule has 1 aromatic heterocycles. The summed E-state index contributed by atoms with van der Waals surface area (Å²) in [6, 6.07) is 2.98. The Morgan fingerprint density at radius 2 is 2.05 bits per heavy atom. The summed E-state index contributed by atoms with van der Waals surface area (Å²) >= 11 is 0. The highest BCUT2D eigenvalue weighted by atomic mass is 16.6. The Kier molecular flexibility index (Phi) is 3.86. The van der Waals surface area contributed by atoms with Crippen LogP contribution in [0, 0.1) is 10.1 Å². The van der Waals surface area contributed by atoms with Crippen molar-refractivity contribution >= 4 is 24.4 Å². The molecule has 0 saturated carbocycles. The molecule has 2 heterocycles. The van der Waals surface area contributed by atoms with Gasteiger partial charge >= 0.3 is 12.7 Å². The van der Waals surface area contributed by atoms with Crippen molar-refractivity contribution in [1.29, 1.82) is 0 Å². The summed E-state index contributed by atoms with van der Waals surface area (Å²) in [7, 11) is -0.461. The highest BCUT2D eigenvalue weighted by molar-refractivity contribution is 6.45. The first kappa shape index (κ1) is 13.6. The lowest BCUT2D eigenvalue weighted by atomic mass is 9.84. The Morgan fingerprint density at radius 1 is 1.42 bits per heavy atom. The van der Waals surface area contributed by atoms with Crippen molar-refractivity contribution in [2.45, 2.75) is 6.82 Å². The third-order valence-electron chi connectivity index (χ3n) is 3.25. The maximum Gasteiger partial charge on any atom is 0.376 e. The molecule has 19 heavy (non-hydrogen) atoms. The van der Waals surface area contributed by atoms with E-state index in [9.17, 15) is 15.1 Å². The topological polar surface area (TPSA) is 109 Å². The number of piperazine rings is 1. The summed E-state index contributed by atoms with van der Waals surface area (Å²) in [5.74, 6) is 0.564. The Balaban J connectivity index is 2.08. The van der Waals surface area contributed by atoms with Crippen LogP contribution in [-0.4, -0.2) is 53.0 Å². The molecule has 0 radical (unpaired) electrons. The van der Waals surface area contributed by atoms with Crippen molar-refractivity contribution in [1.82, 2.24) is 9.79 Å². The van der Waals surface area contributed by atoms with Gasteiger partial charge in [0.15, 0.2) is 0 Å². The van der Waals surface area contributed by atoms with E-state index in [0.29, 0.717) is 18.9 Å². The zero-order valence-corrected chi connectivity index (χ0v) is 10.7. The Labute approximate surface area is 111 Å². The van der Waals surface area contributed by atoms with Gasteiger partial charge in [0.05, 0.1) is 4.92 Å². The number of nitro groups is 1. The maximum atomic E-state index is 10.7. The second kappa shape index (κ2) is 5.41. The van der Waals surface area contributed by atoms with Gasteiger partial charge in [0, 0.05) is 32.2 Å². The fraction of sp³-hybridized carbons (Fsp3) is 0.500. The van der Waals surface area contributed by atoms with Crippen LogP contribution >= 0.6 is 0 Å². The van der Waals surface area contributed by atoms with E-state index in [1.165, 1.54) is 6.07 Å². The average molecular weight is 265 g/mol. The Morgan fingerprint density at radius 3 is 2.53 bits per heavy atom. The normalized spacial score (nSPS) is 16.4. The number of hydrogen-bond acceptors (Lipinski definition) is 7. The molecule has 0 bridgehead atoms. The van der Waals surface area contributed by atoms with E-state index < -0.39 is 12.0 Å². The van der Waals surface area contributed by atoms with Gasteiger partial charge in [-0.1, -0.05) is 0 Å². The largest absolute Gasteiger partial charge is 0.437 e. The quantitative estimate of drug-likeness (QED) is 0.442. The first-order valence-corrected chi connectivity index (χ1v) is 6.07. The molecule has 2 rings (SSSR count). The fourth-order valence-electron chi connectivity index (χ4n) is 2.11. The van der Waals surface area contributed by atoms with Crippen LogP contribution in [0.5, 0.6) is 0 Å². The second-order valence-electron chi connectivity index (χ2n) is 4.49. The molecule has 8 nitrogen and oxygen atoms in total. The number of hydrogen-bond donors (Lipinski definition) is 2. The molecule has 0 aromatic carbocycles. The zero-order valence-electron chi connectivity index (χ0n) is 10.7. The molecule has 1 aliphatic heterocycles. The van der Waals surface area contributed by atoms with Crippen molar-refractivity contribution in [3.8, 4) is 0 Å². The summed E-state index contributed by atoms with van der Waals surface area (Å²) in [5.41, 5.74) is 5.40. The number of anilines is 2. The van der Waals surface area contributed by atoms with Gasteiger partial charge in [-0.3, -0.25) is 10.1 Å². The Bertz CT molecular complexity index is 476. The standard InChI is InChI=1S/C10H16BN5O3/c1-11(17)15-6-4-14(5-7-15)9-3-2-8(16(18)19)10(12)13-9/h2-3,17H,4-7H2,1H3,(H2,12,13). The van der Waals surface area contributed by atoms with Crippen LogP contribution in [0.4, 0.5) is 17.3 Å². The minimum atomic E-state index is -0.544. The molecular weight excluding hydrogens is 249 g/mol. The van der Waals surface area contributed by atoms with Crippen LogP contribution in [0.1, 0.15) is 0 Å². The van der Waals surface area contributed by atoms with Gasteiger partial charge in [0.25, 0.3) is 0 Å². The number of pyridine rings is 1. The molecule has 0 aliphatic carbocycles. The summed E-state index contributed by atoms with van der Waals surface area (Å²) < 4.78 is 0. The lowest BCUT2D eigenvalue weighted by Crippen LogP contribution is -2.51. The van der Waals surface area contributed by atoms with Crippen LogP contribution in [0.25, 0.3) is 0 Å². The van der Waals surface area contributed by atoms with Crippen molar-refractivity contribution < 1.29 is 9.95 Å². The van der Waals surface area contributed by atoms with Crippen molar-refractivity contribution in [2.24, 2.45) is 0 Å². The minimum absolute atomic E-state index is 0.0690.